The maximum atomic E-state index is 14.8. The van der Waals surface area contributed by atoms with Crippen molar-refractivity contribution in [2.24, 2.45) is 5.73 Å². The molecule has 0 unspecified atom stereocenters. The SMILES string of the molecule is Cc1cc(C)c(CC2(F)CCC(N)CC2)c(C)c1. The molecule has 100 valence electrons. The zero-order valence-electron chi connectivity index (χ0n) is 11.7. The van der Waals surface area contributed by atoms with E-state index in [9.17, 15) is 4.39 Å². The van der Waals surface area contributed by atoms with E-state index in [-0.39, 0.29) is 6.04 Å². The van der Waals surface area contributed by atoms with Crippen molar-refractivity contribution in [3.63, 3.8) is 0 Å². The quantitative estimate of drug-likeness (QED) is 0.848. The Bertz CT molecular complexity index is 408. The van der Waals surface area contributed by atoms with Crippen LogP contribution in [0.5, 0.6) is 0 Å². The van der Waals surface area contributed by atoms with Crippen molar-refractivity contribution in [2.45, 2.75) is 64.6 Å². The van der Waals surface area contributed by atoms with E-state index in [1.165, 1.54) is 22.3 Å². The molecule has 0 aliphatic heterocycles. The molecule has 1 nitrogen and oxygen atoms in total. The van der Waals surface area contributed by atoms with Crippen LogP contribution in [-0.2, 0) is 6.42 Å². The van der Waals surface area contributed by atoms with Crippen molar-refractivity contribution < 1.29 is 4.39 Å². The number of benzene rings is 1. The standard InChI is InChI=1S/C16H24FN/c1-11-8-12(2)15(13(3)9-11)10-16(17)6-4-14(18)5-7-16/h8-9,14H,4-7,10,18H2,1-3H3. The first-order valence-electron chi connectivity index (χ1n) is 6.91. The average molecular weight is 249 g/mol. The molecule has 1 fully saturated rings. The number of nitrogens with two attached hydrogens (primary N) is 1. The predicted octanol–water partition coefficient (Wildman–Crippen LogP) is 3.76. The van der Waals surface area contributed by atoms with Gasteiger partial charge in [0.1, 0.15) is 5.67 Å². The second kappa shape index (κ2) is 5.00. The lowest BCUT2D eigenvalue weighted by atomic mass is 9.78. The smallest absolute Gasteiger partial charge is 0.115 e. The maximum Gasteiger partial charge on any atom is 0.115 e. The van der Waals surface area contributed by atoms with Crippen molar-refractivity contribution >= 4 is 0 Å². The molecule has 0 radical (unpaired) electrons. The normalized spacial score (nSPS) is 28.4. The summed E-state index contributed by atoms with van der Waals surface area (Å²) < 4.78 is 14.8. The number of hydrogen-bond donors (Lipinski definition) is 1. The fraction of sp³-hybridized carbons (Fsp3) is 0.625. The van der Waals surface area contributed by atoms with E-state index in [0.717, 1.165) is 12.8 Å². The minimum atomic E-state index is -1.04. The van der Waals surface area contributed by atoms with Crippen molar-refractivity contribution in [1.82, 2.24) is 0 Å². The Morgan fingerprint density at radius 3 is 2.17 bits per heavy atom. The van der Waals surface area contributed by atoms with Crippen LogP contribution in [0.15, 0.2) is 12.1 Å². The number of rotatable bonds is 2. The Balaban J connectivity index is 2.19. The summed E-state index contributed by atoms with van der Waals surface area (Å²) in [4.78, 5) is 0. The Morgan fingerprint density at radius 2 is 1.67 bits per heavy atom. The topological polar surface area (TPSA) is 26.0 Å². The molecule has 0 bridgehead atoms. The van der Waals surface area contributed by atoms with Gasteiger partial charge in [0.25, 0.3) is 0 Å². The molecule has 0 aromatic heterocycles. The summed E-state index contributed by atoms with van der Waals surface area (Å²) >= 11 is 0. The highest BCUT2D eigenvalue weighted by atomic mass is 19.1. The van der Waals surface area contributed by atoms with Crippen LogP contribution in [0, 0.1) is 20.8 Å². The molecule has 0 heterocycles. The number of halogens is 1. The Kier molecular flexibility index (Phi) is 3.76. The van der Waals surface area contributed by atoms with Crippen LogP contribution in [-0.4, -0.2) is 11.7 Å². The summed E-state index contributed by atoms with van der Waals surface area (Å²) in [5.74, 6) is 0. The maximum absolute atomic E-state index is 14.8. The Morgan fingerprint density at radius 1 is 1.17 bits per heavy atom. The van der Waals surface area contributed by atoms with Crippen LogP contribution in [0.1, 0.15) is 47.9 Å². The summed E-state index contributed by atoms with van der Waals surface area (Å²) in [6, 6.07) is 4.51. The third-order valence-electron chi connectivity index (χ3n) is 4.26. The van der Waals surface area contributed by atoms with Crippen LogP contribution >= 0.6 is 0 Å². The summed E-state index contributed by atoms with van der Waals surface area (Å²) in [6.07, 6.45) is 3.42. The van der Waals surface area contributed by atoms with Gasteiger partial charge in [-0.25, -0.2) is 4.39 Å². The highest BCUT2D eigenvalue weighted by Crippen LogP contribution is 2.36. The van der Waals surface area contributed by atoms with Gasteiger partial charge in [0.15, 0.2) is 0 Å². The second-order valence-electron chi connectivity index (χ2n) is 6.04. The van der Waals surface area contributed by atoms with Crippen LogP contribution in [0.4, 0.5) is 4.39 Å². The van der Waals surface area contributed by atoms with E-state index < -0.39 is 5.67 Å². The average Bonchev–Trinajstić information content (AvgIpc) is 2.28. The molecule has 18 heavy (non-hydrogen) atoms. The van der Waals surface area contributed by atoms with E-state index in [1.54, 1.807) is 0 Å². The highest BCUT2D eigenvalue weighted by molar-refractivity contribution is 5.38. The lowest BCUT2D eigenvalue weighted by Crippen LogP contribution is -2.37. The van der Waals surface area contributed by atoms with Crippen LogP contribution in [0.3, 0.4) is 0 Å². The van der Waals surface area contributed by atoms with Crippen LogP contribution in [0.2, 0.25) is 0 Å². The third kappa shape index (κ3) is 2.92. The molecule has 2 rings (SSSR count). The van der Waals surface area contributed by atoms with Crippen LogP contribution in [0.25, 0.3) is 0 Å². The lowest BCUT2D eigenvalue weighted by Gasteiger charge is -2.33. The molecular weight excluding hydrogens is 225 g/mol. The lowest BCUT2D eigenvalue weighted by molar-refractivity contribution is 0.0991. The molecular formula is C16H24FN. The number of hydrogen-bond acceptors (Lipinski definition) is 1. The van der Waals surface area contributed by atoms with E-state index in [2.05, 4.69) is 32.9 Å². The Hall–Kier alpha value is -0.890. The van der Waals surface area contributed by atoms with Gasteiger partial charge in [-0.1, -0.05) is 17.7 Å². The monoisotopic (exact) mass is 249 g/mol. The highest BCUT2D eigenvalue weighted by Gasteiger charge is 2.35. The van der Waals surface area contributed by atoms with E-state index in [4.69, 9.17) is 5.73 Å². The van der Waals surface area contributed by atoms with Gasteiger partial charge in [-0.05, 0) is 63.1 Å². The first-order valence-corrected chi connectivity index (χ1v) is 6.91. The zero-order chi connectivity index (χ0) is 13.3. The van der Waals surface area contributed by atoms with E-state index in [0.29, 0.717) is 19.3 Å². The Labute approximate surface area is 110 Å². The van der Waals surface area contributed by atoms with Gasteiger partial charge in [0.2, 0.25) is 0 Å². The molecule has 0 atom stereocenters. The molecule has 1 saturated carbocycles. The fourth-order valence-electron chi connectivity index (χ4n) is 3.14. The first-order chi connectivity index (χ1) is 8.39. The predicted molar refractivity (Wildman–Crippen MR) is 74.6 cm³/mol. The summed E-state index contributed by atoms with van der Waals surface area (Å²) in [7, 11) is 0. The summed E-state index contributed by atoms with van der Waals surface area (Å²) in [6.45, 7) is 6.27. The molecule has 1 aromatic rings. The molecule has 2 heteroatoms. The molecule has 0 amide bonds. The van der Waals surface area contributed by atoms with Gasteiger partial charge < -0.3 is 5.73 Å². The molecule has 1 aliphatic rings. The molecule has 0 saturated heterocycles. The van der Waals surface area contributed by atoms with Gasteiger partial charge in [0, 0.05) is 12.5 Å². The first kappa shape index (κ1) is 13.5. The number of alkyl halides is 1. The summed E-state index contributed by atoms with van der Waals surface area (Å²) in [5.41, 5.74) is 9.71. The van der Waals surface area contributed by atoms with Gasteiger partial charge in [-0.2, -0.15) is 0 Å². The molecule has 2 N–H and O–H groups in total. The van der Waals surface area contributed by atoms with Crippen molar-refractivity contribution in [2.75, 3.05) is 0 Å². The van der Waals surface area contributed by atoms with E-state index >= 15 is 0 Å². The van der Waals surface area contributed by atoms with Gasteiger partial charge in [0.05, 0.1) is 0 Å². The minimum absolute atomic E-state index is 0.203. The number of aryl methyl sites for hydroxylation is 3. The zero-order valence-corrected chi connectivity index (χ0v) is 11.7. The molecule has 1 aromatic carbocycles. The third-order valence-corrected chi connectivity index (χ3v) is 4.26. The van der Waals surface area contributed by atoms with Crippen molar-refractivity contribution in [1.29, 1.82) is 0 Å². The minimum Gasteiger partial charge on any atom is -0.328 e. The van der Waals surface area contributed by atoms with Crippen LogP contribution < -0.4 is 5.73 Å². The van der Waals surface area contributed by atoms with Gasteiger partial charge in [-0.3, -0.25) is 0 Å². The van der Waals surface area contributed by atoms with Gasteiger partial charge >= 0.3 is 0 Å². The summed E-state index contributed by atoms with van der Waals surface area (Å²) in [5, 5.41) is 0. The molecule has 0 spiro atoms. The van der Waals surface area contributed by atoms with Crippen molar-refractivity contribution in [3.8, 4) is 0 Å². The van der Waals surface area contributed by atoms with Crippen molar-refractivity contribution in [3.05, 3.63) is 34.4 Å². The largest absolute Gasteiger partial charge is 0.328 e. The second-order valence-corrected chi connectivity index (χ2v) is 6.04. The fourth-order valence-corrected chi connectivity index (χ4v) is 3.14. The van der Waals surface area contributed by atoms with E-state index in [1.807, 2.05) is 0 Å². The van der Waals surface area contributed by atoms with Gasteiger partial charge in [-0.15, -0.1) is 0 Å². The molecule has 1 aliphatic carbocycles.